The molecule has 1 aliphatic heterocycles. The first-order valence-electron chi connectivity index (χ1n) is 5.93. The van der Waals surface area contributed by atoms with E-state index in [4.69, 9.17) is 0 Å². The molecule has 1 aromatic rings. The number of halogens is 1. The molecule has 0 fully saturated rings. The number of pyridine rings is 1. The van der Waals surface area contributed by atoms with Crippen LogP contribution in [0.1, 0.15) is 11.1 Å². The van der Waals surface area contributed by atoms with Gasteiger partial charge in [0.25, 0.3) is 0 Å². The van der Waals surface area contributed by atoms with Crippen molar-refractivity contribution in [3.63, 3.8) is 0 Å². The number of nitrogens with zero attached hydrogens (tertiary/aromatic N) is 3. The van der Waals surface area contributed by atoms with Gasteiger partial charge in [-0.25, -0.2) is 8.10 Å². The number of anilines is 1. The molecule has 0 radical (unpaired) electrons. The van der Waals surface area contributed by atoms with Crippen molar-refractivity contribution in [2.24, 2.45) is 0 Å². The van der Waals surface area contributed by atoms with Gasteiger partial charge in [0, 0.05) is 60.8 Å². The van der Waals surface area contributed by atoms with Crippen LogP contribution in [0.25, 0.3) is 0 Å². The summed E-state index contributed by atoms with van der Waals surface area (Å²) in [5.74, 6) is 1.08. The molecular weight excluding hydrogens is 327 g/mol. The predicted octanol–water partition coefficient (Wildman–Crippen LogP) is 1.76. The highest BCUT2D eigenvalue weighted by atomic mass is 127. The molecule has 0 saturated heterocycles. The lowest BCUT2D eigenvalue weighted by Gasteiger charge is -2.25. The minimum absolute atomic E-state index is 0.949. The summed E-state index contributed by atoms with van der Waals surface area (Å²) in [6, 6.07) is 2.14. The molecule has 1 aliphatic rings. The monoisotopic (exact) mass is 346 g/mol. The summed E-state index contributed by atoms with van der Waals surface area (Å²) >= 11 is 2.39. The van der Waals surface area contributed by atoms with Crippen LogP contribution in [0.2, 0.25) is 0 Å². The summed E-state index contributed by atoms with van der Waals surface area (Å²) in [5.41, 5.74) is 2.81. The van der Waals surface area contributed by atoms with Crippen molar-refractivity contribution in [2.45, 2.75) is 13.0 Å². The molecule has 1 N–H and O–H groups in total. The molecule has 0 spiro atoms. The first kappa shape index (κ1) is 13.0. The van der Waals surface area contributed by atoms with E-state index in [0.717, 1.165) is 38.4 Å². The van der Waals surface area contributed by atoms with E-state index >= 15 is 0 Å². The van der Waals surface area contributed by atoms with E-state index < -0.39 is 0 Å². The van der Waals surface area contributed by atoms with Crippen molar-refractivity contribution in [1.82, 2.24) is 13.0 Å². The summed E-state index contributed by atoms with van der Waals surface area (Å²) in [7, 11) is 4.17. The molecule has 0 aliphatic carbocycles. The van der Waals surface area contributed by atoms with Crippen molar-refractivity contribution in [2.75, 3.05) is 39.0 Å². The standard InChI is InChI=1S/C12H19IN4/c1-16(2)8-6-15-12-11-4-7-17(13)9-10(11)3-5-14-12/h3,5H,4,6-9H2,1-2H3,(H,14,15). The van der Waals surface area contributed by atoms with Gasteiger partial charge in [-0.2, -0.15) is 0 Å². The lowest BCUT2D eigenvalue weighted by atomic mass is 10.0. The van der Waals surface area contributed by atoms with Crippen molar-refractivity contribution in [3.05, 3.63) is 23.4 Å². The Hall–Kier alpha value is -0.400. The summed E-state index contributed by atoms with van der Waals surface area (Å²) in [6.45, 7) is 4.12. The number of nitrogens with one attached hydrogen (secondary N) is 1. The highest BCUT2D eigenvalue weighted by molar-refractivity contribution is 14.1. The maximum Gasteiger partial charge on any atom is 0.129 e. The third kappa shape index (κ3) is 3.53. The Balaban J connectivity index is 2.05. The molecule has 5 heteroatoms. The van der Waals surface area contributed by atoms with E-state index in [2.05, 4.69) is 61.3 Å². The fourth-order valence-corrected chi connectivity index (χ4v) is 2.62. The van der Waals surface area contributed by atoms with Gasteiger partial charge >= 0.3 is 0 Å². The van der Waals surface area contributed by atoms with Gasteiger partial charge in [-0.1, -0.05) is 0 Å². The van der Waals surface area contributed by atoms with Crippen LogP contribution in [-0.2, 0) is 13.0 Å². The molecule has 17 heavy (non-hydrogen) atoms. The summed E-state index contributed by atoms with van der Waals surface area (Å²) in [5, 5.41) is 3.45. The van der Waals surface area contributed by atoms with Gasteiger partial charge in [0.2, 0.25) is 0 Å². The maximum absolute atomic E-state index is 4.46. The molecular formula is C12H19IN4. The number of likely N-dealkylation sites (N-methyl/N-ethyl adjacent to an activating group) is 1. The van der Waals surface area contributed by atoms with E-state index in [1.165, 1.54) is 11.1 Å². The summed E-state index contributed by atoms with van der Waals surface area (Å²) in [6.07, 6.45) is 3.00. The van der Waals surface area contributed by atoms with Gasteiger partial charge in [0.1, 0.15) is 5.82 Å². The van der Waals surface area contributed by atoms with Crippen LogP contribution in [0.15, 0.2) is 12.3 Å². The second-order valence-electron chi connectivity index (χ2n) is 4.62. The number of rotatable bonds is 4. The maximum atomic E-state index is 4.46. The SMILES string of the molecule is CN(C)CCNc1nccc2c1CCN(I)C2. The smallest absolute Gasteiger partial charge is 0.129 e. The fraction of sp³-hybridized carbons (Fsp3) is 0.583. The number of hydrogen-bond acceptors (Lipinski definition) is 4. The Kier molecular flexibility index (Phi) is 4.58. The van der Waals surface area contributed by atoms with E-state index in [1.54, 1.807) is 0 Å². The quantitative estimate of drug-likeness (QED) is 0.665. The second kappa shape index (κ2) is 5.97. The molecule has 0 bridgehead atoms. The molecule has 0 aromatic carbocycles. The Bertz CT molecular complexity index is 381. The van der Waals surface area contributed by atoms with Gasteiger partial charge in [-0.3, -0.25) is 0 Å². The van der Waals surface area contributed by atoms with Crippen LogP contribution in [0.5, 0.6) is 0 Å². The van der Waals surface area contributed by atoms with E-state index in [0.29, 0.717) is 0 Å². The van der Waals surface area contributed by atoms with Gasteiger partial charge in [-0.05, 0) is 32.1 Å². The molecule has 0 unspecified atom stereocenters. The Morgan fingerprint density at radius 2 is 2.35 bits per heavy atom. The van der Waals surface area contributed by atoms with Crippen molar-refractivity contribution >= 4 is 28.7 Å². The molecule has 0 amide bonds. The number of aromatic nitrogens is 1. The zero-order chi connectivity index (χ0) is 12.3. The van der Waals surface area contributed by atoms with Crippen molar-refractivity contribution in [1.29, 1.82) is 0 Å². The van der Waals surface area contributed by atoms with Crippen molar-refractivity contribution in [3.8, 4) is 0 Å². The normalized spacial score (nSPS) is 16.0. The third-order valence-corrected chi connectivity index (χ3v) is 3.77. The first-order chi connectivity index (χ1) is 8.16. The molecule has 0 atom stereocenters. The molecule has 0 saturated carbocycles. The largest absolute Gasteiger partial charge is 0.369 e. The second-order valence-corrected chi connectivity index (χ2v) is 5.99. The highest BCUT2D eigenvalue weighted by Crippen LogP contribution is 2.25. The third-order valence-electron chi connectivity index (χ3n) is 2.95. The Morgan fingerprint density at radius 1 is 1.53 bits per heavy atom. The van der Waals surface area contributed by atoms with E-state index in [1.807, 2.05) is 6.20 Å². The summed E-state index contributed by atoms with van der Waals surface area (Å²) in [4.78, 5) is 6.64. The van der Waals surface area contributed by atoms with Crippen LogP contribution < -0.4 is 5.32 Å². The zero-order valence-electron chi connectivity index (χ0n) is 10.4. The summed E-state index contributed by atoms with van der Waals surface area (Å²) < 4.78 is 2.32. The Morgan fingerprint density at radius 3 is 3.12 bits per heavy atom. The van der Waals surface area contributed by atoms with Gasteiger partial charge in [-0.15, -0.1) is 0 Å². The molecule has 4 nitrogen and oxygen atoms in total. The van der Waals surface area contributed by atoms with E-state index in [9.17, 15) is 0 Å². The molecule has 2 rings (SSSR count). The minimum atomic E-state index is 0.949. The number of fused-ring (bicyclic) bond motifs is 1. The van der Waals surface area contributed by atoms with Gasteiger partial charge < -0.3 is 10.2 Å². The highest BCUT2D eigenvalue weighted by Gasteiger charge is 2.17. The van der Waals surface area contributed by atoms with Crippen molar-refractivity contribution < 1.29 is 0 Å². The fourth-order valence-electron chi connectivity index (χ4n) is 2.01. The average molecular weight is 346 g/mol. The topological polar surface area (TPSA) is 31.4 Å². The van der Waals surface area contributed by atoms with E-state index in [-0.39, 0.29) is 0 Å². The lowest BCUT2D eigenvalue weighted by Crippen LogP contribution is -2.25. The average Bonchev–Trinajstić information content (AvgIpc) is 2.28. The van der Waals surface area contributed by atoms with Crippen LogP contribution in [0.4, 0.5) is 5.82 Å². The molecule has 94 valence electrons. The van der Waals surface area contributed by atoms with Gasteiger partial charge in [0.05, 0.1) is 0 Å². The molecule has 1 aromatic heterocycles. The zero-order valence-corrected chi connectivity index (χ0v) is 12.6. The first-order valence-corrected chi connectivity index (χ1v) is 6.89. The van der Waals surface area contributed by atoms with Crippen LogP contribution in [0, 0.1) is 0 Å². The minimum Gasteiger partial charge on any atom is -0.369 e. The van der Waals surface area contributed by atoms with Gasteiger partial charge in [0.15, 0.2) is 0 Å². The number of hydrogen-bond donors (Lipinski definition) is 1. The lowest BCUT2D eigenvalue weighted by molar-refractivity contribution is 0.424. The van der Waals surface area contributed by atoms with Crippen LogP contribution in [0.3, 0.4) is 0 Å². The Labute approximate surface area is 117 Å². The van der Waals surface area contributed by atoms with Crippen LogP contribution >= 0.6 is 22.9 Å². The molecule has 2 heterocycles. The predicted molar refractivity (Wildman–Crippen MR) is 79.4 cm³/mol. The van der Waals surface area contributed by atoms with Crippen LogP contribution in [-0.4, -0.2) is 46.7 Å².